The SMILES string of the molecule is NCc1c(Cl)cccc1Oc1ncc(Br)cc1Cl. The lowest BCUT2D eigenvalue weighted by Gasteiger charge is -2.11. The lowest BCUT2D eigenvalue weighted by Crippen LogP contribution is -2.01. The fraction of sp³-hybridized carbons (Fsp3) is 0.0833. The van der Waals surface area contributed by atoms with Gasteiger partial charge in [0.25, 0.3) is 0 Å². The molecule has 0 bridgehead atoms. The first-order valence-electron chi connectivity index (χ1n) is 5.08. The predicted octanol–water partition coefficient (Wildman–Crippen LogP) is 4.40. The molecular formula is C12H9BrCl2N2O. The molecule has 18 heavy (non-hydrogen) atoms. The zero-order chi connectivity index (χ0) is 13.1. The number of aromatic nitrogens is 1. The highest BCUT2D eigenvalue weighted by atomic mass is 79.9. The van der Waals surface area contributed by atoms with Gasteiger partial charge in [0.1, 0.15) is 10.8 Å². The van der Waals surface area contributed by atoms with Crippen LogP contribution in [0, 0.1) is 0 Å². The Morgan fingerprint density at radius 2 is 2.06 bits per heavy atom. The molecule has 1 heterocycles. The van der Waals surface area contributed by atoms with E-state index in [0.29, 0.717) is 21.7 Å². The highest BCUT2D eigenvalue weighted by molar-refractivity contribution is 9.10. The minimum Gasteiger partial charge on any atom is -0.437 e. The molecule has 0 unspecified atom stereocenters. The Bertz CT molecular complexity index is 578. The number of nitrogens with zero attached hydrogens (tertiary/aromatic N) is 1. The molecule has 6 heteroatoms. The maximum absolute atomic E-state index is 6.04. The molecule has 0 atom stereocenters. The number of hydrogen-bond acceptors (Lipinski definition) is 3. The standard InChI is InChI=1S/C12H9BrCl2N2O/c13-7-4-10(15)12(17-6-7)18-11-3-1-2-9(14)8(11)5-16/h1-4,6H,5,16H2. The van der Waals surface area contributed by atoms with Crippen LogP contribution in [0.25, 0.3) is 0 Å². The van der Waals surface area contributed by atoms with Gasteiger partial charge in [-0.25, -0.2) is 4.98 Å². The summed E-state index contributed by atoms with van der Waals surface area (Å²) < 4.78 is 6.42. The monoisotopic (exact) mass is 346 g/mol. The molecule has 2 rings (SSSR count). The molecule has 1 aromatic carbocycles. The highest BCUT2D eigenvalue weighted by Crippen LogP contribution is 2.33. The van der Waals surface area contributed by atoms with Crippen LogP contribution in [0.1, 0.15) is 5.56 Å². The number of halogens is 3. The zero-order valence-electron chi connectivity index (χ0n) is 9.16. The minimum atomic E-state index is 0.281. The fourth-order valence-electron chi connectivity index (χ4n) is 1.41. The first-order valence-corrected chi connectivity index (χ1v) is 6.63. The average Bonchev–Trinajstić information content (AvgIpc) is 2.33. The molecule has 0 saturated carbocycles. The molecule has 0 saturated heterocycles. The second-order valence-corrected chi connectivity index (χ2v) is 5.19. The van der Waals surface area contributed by atoms with Gasteiger partial charge in [0, 0.05) is 27.8 Å². The average molecular weight is 348 g/mol. The van der Waals surface area contributed by atoms with E-state index in [0.717, 1.165) is 10.0 Å². The summed E-state index contributed by atoms with van der Waals surface area (Å²) in [6, 6.07) is 7.02. The first-order chi connectivity index (χ1) is 8.61. The zero-order valence-corrected chi connectivity index (χ0v) is 12.3. The Kier molecular flexibility index (Phi) is 4.45. The number of hydrogen-bond donors (Lipinski definition) is 1. The summed E-state index contributed by atoms with van der Waals surface area (Å²) in [5, 5.41) is 0.968. The van der Waals surface area contributed by atoms with Crippen molar-refractivity contribution >= 4 is 39.1 Å². The van der Waals surface area contributed by atoms with E-state index >= 15 is 0 Å². The van der Waals surface area contributed by atoms with Crippen molar-refractivity contribution in [2.24, 2.45) is 5.73 Å². The summed E-state index contributed by atoms with van der Waals surface area (Å²) in [6.45, 7) is 0.281. The van der Waals surface area contributed by atoms with Gasteiger partial charge in [-0.2, -0.15) is 0 Å². The molecule has 94 valence electrons. The second kappa shape index (κ2) is 5.89. The topological polar surface area (TPSA) is 48.1 Å². The third kappa shape index (κ3) is 2.95. The minimum absolute atomic E-state index is 0.281. The summed E-state index contributed by atoms with van der Waals surface area (Å²) in [5.74, 6) is 0.874. The van der Waals surface area contributed by atoms with Crippen LogP contribution in [0.2, 0.25) is 10.0 Å². The van der Waals surface area contributed by atoms with E-state index in [1.165, 1.54) is 0 Å². The van der Waals surface area contributed by atoms with Crippen LogP contribution in [-0.4, -0.2) is 4.98 Å². The normalized spacial score (nSPS) is 10.4. The molecular weight excluding hydrogens is 339 g/mol. The predicted molar refractivity (Wildman–Crippen MR) is 76.4 cm³/mol. The van der Waals surface area contributed by atoms with Crippen molar-refractivity contribution in [2.75, 3.05) is 0 Å². The third-order valence-corrected chi connectivity index (χ3v) is 3.32. The van der Waals surface area contributed by atoms with Crippen molar-refractivity contribution in [2.45, 2.75) is 6.54 Å². The van der Waals surface area contributed by atoms with Crippen molar-refractivity contribution in [3.63, 3.8) is 0 Å². The molecule has 0 aliphatic carbocycles. The summed E-state index contributed by atoms with van der Waals surface area (Å²) in [6.07, 6.45) is 1.61. The van der Waals surface area contributed by atoms with Crippen LogP contribution < -0.4 is 10.5 Å². The Hall–Kier alpha value is -0.810. The number of ether oxygens (including phenoxy) is 1. The number of nitrogens with two attached hydrogens (primary N) is 1. The van der Waals surface area contributed by atoms with Gasteiger partial charge in [0.2, 0.25) is 5.88 Å². The van der Waals surface area contributed by atoms with E-state index in [1.807, 2.05) is 0 Å². The lowest BCUT2D eigenvalue weighted by molar-refractivity contribution is 0.457. The molecule has 0 aliphatic rings. The van der Waals surface area contributed by atoms with Crippen LogP contribution in [0.4, 0.5) is 0 Å². The second-order valence-electron chi connectivity index (χ2n) is 3.46. The summed E-state index contributed by atoms with van der Waals surface area (Å²) in [5.41, 5.74) is 6.36. The van der Waals surface area contributed by atoms with E-state index in [4.69, 9.17) is 33.7 Å². The fourth-order valence-corrected chi connectivity index (χ4v) is 2.32. The van der Waals surface area contributed by atoms with Gasteiger partial charge in [-0.3, -0.25) is 0 Å². The summed E-state index contributed by atoms with van der Waals surface area (Å²) in [4.78, 5) is 4.09. The third-order valence-electron chi connectivity index (χ3n) is 2.26. The van der Waals surface area contributed by atoms with Crippen molar-refractivity contribution < 1.29 is 4.74 Å². The smallest absolute Gasteiger partial charge is 0.238 e. The Morgan fingerprint density at radius 3 is 2.72 bits per heavy atom. The van der Waals surface area contributed by atoms with Crippen LogP contribution in [0.5, 0.6) is 11.6 Å². The molecule has 0 fully saturated rings. The van der Waals surface area contributed by atoms with Gasteiger partial charge in [-0.15, -0.1) is 0 Å². The van der Waals surface area contributed by atoms with E-state index in [-0.39, 0.29) is 6.54 Å². The van der Waals surface area contributed by atoms with Crippen molar-refractivity contribution in [3.05, 3.63) is 50.5 Å². The molecule has 0 radical (unpaired) electrons. The van der Waals surface area contributed by atoms with Gasteiger partial charge >= 0.3 is 0 Å². The van der Waals surface area contributed by atoms with Gasteiger partial charge in [0.15, 0.2) is 0 Å². The Balaban J connectivity index is 2.37. The molecule has 0 amide bonds. The summed E-state index contributed by atoms with van der Waals surface area (Å²) >= 11 is 15.4. The highest BCUT2D eigenvalue weighted by Gasteiger charge is 2.10. The van der Waals surface area contributed by atoms with Crippen molar-refractivity contribution in [3.8, 4) is 11.6 Å². The lowest BCUT2D eigenvalue weighted by atomic mass is 10.2. The quantitative estimate of drug-likeness (QED) is 0.894. The largest absolute Gasteiger partial charge is 0.437 e. The van der Waals surface area contributed by atoms with E-state index in [9.17, 15) is 0 Å². The van der Waals surface area contributed by atoms with E-state index in [1.54, 1.807) is 30.5 Å². The maximum Gasteiger partial charge on any atom is 0.238 e. The van der Waals surface area contributed by atoms with Gasteiger partial charge in [-0.1, -0.05) is 29.3 Å². The van der Waals surface area contributed by atoms with E-state index in [2.05, 4.69) is 20.9 Å². The summed E-state index contributed by atoms with van der Waals surface area (Å²) in [7, 11) is 0. The maximum atomic E-state index is 6.04. The molecule has 2 aromatic rings. The van der Waals surface area contributed by atoms with Crippen LogP contribution in [0.3, 0.4) is 0 Å². The molecule has 0 spiro atoms. The van der Waals surface area contributed by atoms with Crippen molar-refractivity contribution in [1.29, 1.82) is 0 Å². The van der Waals surface area contributed by atoms with Crippen LogP contribution in [0.15, 0.2) is 34.9 Å². The molecule has 0 aliphatic heterocycles. The Labute approximate surface area is 123 Å². The number of pyridine rings is 1. The van der Waals surface area contributed by atoms with Crippen LogP contribution >= 0.6 is 39.1 Å². The van der Waals surface area contributed by atoms with Crippen LogP contribution in [-0.2, 0) is 6.54 Å². The van der Waals surface area contributed by atoms with Gasteiger partial charge in [0.05, 0.1) is 0 Å². The number of rotatable bonds is 3. The molecule has 2 N–H and O–H groups in total. The Morgan fingerprint density at radius 1 is 1.28 bits per heavy atom. The molecule has 3 nitrogen and oxygen atoms in total. The number of benzene rings is 1. The van der Waals surface area contributed by atoms with Crippen molar-refractivity contribution in [1.82, 2.24) is 4.98 Å². The van der Waals surface area contributed by atoms with Gasteiger partial charge < -0.3 is 10.5 Å². The van der Waals surface area contributed by atoms with Gasteiger partial charge in [-0.05, 0) is 34.1 Å². The first kappa shape index (κ1) is 13.6. The molecule has 1 aromatic heterocycles. The van der Waals surface area contributed by atoms with E-state index < -0.39 is 0 Å².